The second-order valence-corrected chi connectivity index (χ2v) is 6.86. The zero-order valence-electron chi connectivity index (χ0n) is 14.7. The van der Waals surface area contributed by atoms with Crippen LogP contribution in [0.5, 0.6) is 0 Å². The molecule has 2 aromatic rings. The van der Waals surface area contributed by atoms with Crippen molar-refractivity contribution < 1.29 is 14.0 Å². The first-order valence-electron chi connectivity index (χ1n) is 8.65. The number of halogens is 2. The molecule has 0 radical (unpaired) electrons. The van der Waals surface area contributed by atoms with Gasteiger partial charge in [0, 0.05) is 30.2 Å². The number of carbonyl (C=O) groups is 2. The molecule has 142 valence electrons. The predicted octanol–water partition coefficient (Wildman–Crippen LogP) is 3.09. The van der Waals surface area contributed by atoms with Crippen LogP contribution in [0.3, 0.4) is 0 Å². The molecular formula is C19H20ClFN4O2. The Balaban J connectivity index is 1.56. The van der Waals surface area contributed by atoms with Crippen LogP contribution in [0.4, 0.5) is 10.1 Å². The maximum atomic E-state index is 13.4. The van der Waals surface area contributed by atoms with E-state index >= 15 is 0 Å². The normalized spacial score (nSPS) is 14.8. The summed E-state index contributed by atoms with van der Waals surface area (Å²) < 4.78 is 14.9. The summed E-state index contributed by atoms with van der Waals surface area (Å²) in [6.45, 7) is 4.86. The van der Waals surface area contributed by atoms with Gasteiger partial charge in [0.15, 0.2) is 0 Å². The van der Waals surface area contributed by atoms with Crippen molar-refractivity contribution in [1.82, 2.24) is 14.7 Å². The highest BCUT2D eigenvalue weighted by Gasteiger charge is 2.26. The van der Waals surface area contributed by atoms with Gasteiger partial charge in [-0.25, -0.2) is 4.39 Å². The minimum Gasteiger partial charge on any atom is -0.339 e. The molecule has 1 saturated heterocycles. The Labute approximate surface area is 161 Å². The second-order valence-electron chi connectivity index (χ2n) is 6.46. The molecule has 8 heteroatoms. The number of carbonyl (C=O) groups excluding carboxylic acids is 2. The SMILES string of the molecule is C=CC(=O)N1CCC(C(=O)Nc2cnn(Cc3cc(F)ccc3Cl)c2)CC1. The summed E-state index contributed by atoms with van der Waals surface area (Å²) in [5.41, 5.74) is 1.18. The molecule has 0 saturated carbocycles. The van der Waals surface area contributed by atoms with Crippen molar-refractivity contribution in [3.63, 3.8) is 0 Å². The Morgan fingerprint density at radius 1 is 1.37 bits per heavy atom. The van der Waals surface area contributed by atoms with Crippen molar-refractivity contribution in [3.8, 4) is 0 Å². The first-order chi connectivity index (χ1) is 13.0. The minimum absolute atomic E-state index is 0.0935. The third-order valence-electron chi connectivity index (χ3n) is 4.59. The van der Waals surface area contributed by atoms with E-state index in [0.29, 0.717) is 48.7 Å². The molecular weight excluding hydrogens is 371 g/mol. The van der Waals surface area contributed by atoms with Gasteiger partial charge in [-0.1, -0.05) is 18.2 Å². The van der Waals surface area contributed by atoms with Gasteiger partial charge in [0.05, 0.1) is 18.4 Å². The lowest BCUT2D eigenvalue weighted by atomic mass is 9.96. The van der Waals surface area contributed by atoms with E-state index in [1.165, 1.54) is 24.3 Å². The molecule has 27 heavy (non-hydrogen) atoms. The van der Waals surface area contributed by atoms with Crippen LogP contribution in [0.15, 0.2) is 43.2 Å². The van der Waals surface area contributed by atoms with Crippen molar-refractivity contribution in [2.24, 2.45) is 5.92 Å². The molecule has 6 nitrogen and oxygen atoms in total. The summed E-state index contributed by atoms with van der Waals surface area (Å²) >= 11 is 6.07. The summed E-state index contributed by atoms with van der Waals surface area (Å²) in [6.07, 6.45) is 5.73. The van der Waals surface area contributed by atoms with Crippen molar-refractivity contribution >= 4 is 29.1 Å². The van der Waals surface area contributed by atoms with Gasteiger partial charge < -0.3 is 10.2 Å². The Hall–Kier alpha value is -2.67. The highest BCUT2D eigenvalue weighted by atomic mass is 35.5. The number of amides is 2. The molecule has 1 aromatic heterocycles. The maximum Gasteiger partial charge on any atom is 0.245 e. The van der Waals surface area contributed by atoms with Crippen LogP contribution >= 0.6 is 11.6 Å². The Bertz CT molecular complexity index is 859. The van der Waals surface area contributed by atoms with Crippen LogP contribution in [-0.4, -0.2) is 39.6 Å². The number of benzene rings is 1. The van der Waals surface area contributed by atoms with Crippen LogP contribution in [0.25, 0.3) is 0 Å². The molecule has 2 heterocycles. The number of nitrogens with one attached hydrogen (secondary N) is 1. The molecule has 1 aliphatic heterocycles. The smallest absolute Gasteiger partial charge is 0.245 e. The molecule has 1 aliphatic rings. The molecule has 0 bridgehead atoms. The van der Waals surface area contributed by atoms with Gasteiger partial charge in [-0.3, -0.25) is 14.3 Å². The van der Waals surface area contributed by atoms with Gasteiger partial charge in [-0.05, 0) is 42.7 Å². The molecule has 1 N–H and O–H groups in total. The Kier molecular flexibility index (Phi) is 5.91. The topological polar surface area (TPSA) is 67.2 Å². The summed E-state index contributed by atoms with van der Waals surface area (Å²) in [5, 5.41) is 7.49. The average molecular weight is 391 g/mol. The van der Waals surface area contributed by atoms with Crippen molar-refractivity contribution in [1.29, 1.82) is 0 Å². The van der Waals surface area contributed by atoms with E-state index in [2.05, 4.69) is 17.0 Å². The van der Waals surface area contributed by atoms with Crippen molar-refractivity contribution in [2.75, 3.05) is 18.4 Å². The van der Waals surface area contributed by atoms with Gasteiger partial charge in [0.25, 0.3) is 0 Å². The van der Waals surface area contributed by atoms with E-state index in [0.717, 1.165) is 0 Å². The van der Waals surface area contributed by atoms with Crippen molar-refractivity contribution in [2.45, 2.75) is 19.4 Å². The molecule has 2 amide bonds. The lowest BCUT2D eigenvalue weighted by Gasteiger charge is -2.30. The molecule has 0 unspecified atom stereocenters. The molecule has 0 atom stereocenters. The van der Waals surface area contributed by atoms with Gasteiger partial charge in [0.2, 0.25) is 11.8 Å². The van der Waals surface area contributed by atoms with E-state index < -0.39 is 0 Å². The lowest BCUT2D eigenvalue weighted by Crippen LogP contribution is -2.40. The van der Waals surface area contributed by atoms with E-state index in [9.17, 15) is 14.0 Å². The summed E-state index contributed by atoms with van der Waals surface area (Å²) in [5.74, 6) is -0.716. The molecule has 3 rings (SSSR count). The number of nitrogens with zero attached hydrogens (tertiary/aromatic N) is 3. The Morgan fingerprint density at radius 3 is 2.81 bits per heavy atom. The van der Waals surface area contributed by atoms with E-state index in [1.54, 1.807) is 22.0 Å². The summed E-state index contributed by atoms with van der Waals surface area (Å²) in [6, 6.07) is 4.16. The minimum atomic E-state index is -0.364. The van der Waals surface area contributed by atoms with Gasteiger partial charge >= 0.3 is 0 Å². The summed E-state index contributed by atoms with van der Waals surface area (Å²) in [4.78, 5) is 25.7. The quantitative estimate of drug-likeness (QED) is 0.798. The van der Waals surface area contributed by atoms with Crippen molar-refractivity contribution in [3.05, 3.63) is 59.7 Å². The fourth-order valence-electron chi connectivity index (χ4n) is 3.09. The zero-order chi connectivity index (χ0) is 19.4. The van der Waals surface area contributed by atoms with Crippen LogP contribution in [0, 0.1) is 11.7 Å². The fraction of sp³-hybridized carbons (Fsp3) is 0.316. The first-order valence-corrected chi connectivity index (χ1v) is 9.02. The van der Waals surface area contributed by atoms with Gasteiger partial charge in [-0.2, -0.15) is 5.10 Å². The standard InChI is InChI=1S/C19H20ClFN4O2/c1-2-18(26)24-7-5-13(6-8-24)19(27)23-16-10-22-25(12-16)11-14-9-15(21)3-4-17(14)20/h2-4,9-10,12-13H,1,5-8,11H2,(H,23,27). The number of aromatic nitrogens is 2. The predicted molar refractivity (Wildman–Crippen MR) is 101 cm³/mol. The van der Waals surface area contributed by atoms with E-state index in [4.69, 9.17) is 11.6 Å². The van der Waals surface area contributed by atoms with E-state index in [-0.39, 0.29) is 23.5 Å². The number of anilines is 1. The summed E-state index contributed by atoms with van der Waals surface area (Å²) in [7, 11) is 0. The average Bonchev–Trinajstić information content (AvgIpc) is 3.11. The van der Waals surface area contributed by atoms with Crippen LogP contribution < -0.4 is 5.32 Å². The number of piperidine rings is 1. The number of likely N-dealkylation sites (tertiary alicyclic amines) is 1. The first kappa shape index (κ1) is 19.1. The largest absolute Gasteiger partial charge is 0.339 e. The van der Waals surface area contributed by atoms with Crippen LogP contribution in [0.2, 0.25) is 5.02 Å². The number of hydrogen-bond donors (Lipinski definition) is 1. The Morgan fingerprint density at radius 2 is 2.11 bits per heavy atom. The molecule has 0 spiro atoms. The fourth-order valence-corrected chi connectivity index (χ4v) is 3.27. The second kappa shape index (κ2) is 8.35. The van der Waals surface area contributed by atoms with Crippen LogP contribution in [0.1, 0.15) is 18.4 Å². The zero-order valence-corrected chi connectivity index (χ0v) is 15.5. The third-order valence-corrected chi connectivity index (χ3v) is 4.96. The molecule has 1 aromatic carbocycles. The monoisotopic (exact) mass is 390 g/mol. The van der Waals surface area contributed by atoms with Crippen LogP contribution in [-0.2, 0) is 16.1 Å². The third kappa shape index (κ3) is 4.74. The van der Waals surface area contributed by atoms with E-state index in [1.807, 2.05) is 0 Å². The molecule has 1 fully saturated rings. The van der Waals surface area contributed by atoms with Gasteiger partial charge in [0.1, 0.15) is 5.82 Å². The number of rotatable bonds is 5. The lowest BCUT2D eigenvalue weighted by molar-refractivity contribution is -0.130. The number of hydrogen-bond acceptors (Lipinski definition) is 3. The highest BCUT2D eigenvalue weighted by Crippen LogP contribution is 2.21. The highest BCUT2D eigenvalue weighted by molar-refractivity contribution is 6.31. The van der Waals surface area contributed by atoms with Gasteiger partial charge in [-0.15, -0.1) is 0 Å². The molecule has 0 aliphatic carbocycles. The maximum absolute atomic E-state index is 13.4.